The fraction of sp³-hybridized carbons (Fsp3) is 0.500. The molecule has 1 atom stereocenters. The third kappa shape index (κ3) is 5.83. The Morgan fingerprint density at radius 3 is 2.70 bits per heavy atom. The minimum absolute atomic E-state index is 0.00595. The lowest BCUT2D eigenvalue weighted by molar-refractivity contribution is -0.138. The quantitative estimate of drug-likeness (QED) is 0.413. The van der Waals surface area contributed by atoms with Crippen molar-refractivity contribution in [3.8, 4) is 0 Å². The van der Waals surface area contributed by atoms with E-state index in [0.717, 1.165) is 42.0 Å². The number of rotatable bonds is 8. The summed E-state index contributed by atoms with van der Waals surface area (Å²) in [6.45, 7) is 7.54. The Bertz CT molecular complexity index is 1220. The third-order valence-electron chi connectivity index (χ3n) is 7.52. The van der Waals surface area contributed by atoms with E-state index in [1.165, 1.54) is 12.5 Å². The molecule has 2 aliphatic heterocycles. The molecule has 0 unspecified atom stereocenters. The average molecular weight is 515 g/mol. The van der Waals surface area contributed by atoms with Crippen LogP contribution in [0.3, 0.4) is 0 Å². The lowest BCUT2D eigenvalue weighted by Gasteiger charge is -2.42. The molecule has 0 bridgehead atoms. The van der Waals surface area contributed by atoms with Gasteiger partial charge in [0, 0.05) is 42.4 Å². The van der Waals surface area contributed by atoms with Crippen LogP contribution in [0.15, 0.2) is 47.3 Å². The lowest BCUT2D eigenvalue weighted by atomic mass is 9.74. The molecule has 37 heavy (non-hydrogen) atoms. The molecule has 0 radical (unpaired) electrons. The van der Waals surface area contributed by atoms with E-state index in [4.69, 9.17) is 9.26 Å². The lowest BCUT2D eigenvalue weighted by Crippen LogP contribution is -2.48. The summed E-state index contributed by atoms with van der Waals surface area (Å²) in [5, 5.41) is 7.29. The third-order valence-corrected chi connectivity index (χ3v) is 7.52. The number of piperidine rings is 1. The van der Waals surface area contributed by atoms with Crippen molar-refractivity contribution in [1.29, 1.82) is 0 Å². The Morgan fingerprint density at radius 1 is 1.19 bits per heavy atom. The van der Waals surface area contributed by atoms with Crippen LogP contribution in [-0.4, -0.2) is 41.3 Å². The minimum atomic E-state index is -4.47. The van der Waals surface area contributed by atoms with Crippen LogP contribution in [-0.2, 0) is 35.8 Å². The first-order valence-electron chi connectivity index (χ1n) is 12.8. The van der Waals surface area contributed by atoms with Crippen molar-refractivity contribution in [2.45, 2.75) is 57.8 Å². The zero-order chi connectivity index (χ0) is 26.0. The Kier molecular flexibility index (Phi) is 7.27. The summed E-state index contributed by atoms with van der Waals surface area (Å²) < 4.78 is 52.6. The SMILES string of the molecule is Cc1conc1CC1(c2cccc(NCc3ncc(CN4CCC[C@H](C)C4)cc3C(F)(F)F)c2)COC1. The van der Waals surface area contributed by atoms with Gasteiger partial charge in [-0.3, -0.25) is 9.88 Å². The van der Waals surface area contributed by atoms with E-state index in [1.54, 1.807) is 12.5 Å². The number of pyridine rings is 1. The first kappa shape index (κ1) is 25.7. The molecular weight excluding hydrogens is 481 g/mol. The average Bonchev–Trinajstić information content (AvgIpc) is 3.24. The van der Waals surface area contributed by atoms with E-state index in [-0.39, 0.29) is 17.7 Å². The van der Waals surface area contributed by atoms with E-state index < -0.39 is 11.7 Å². The van der Waals surface area contributed by atoms with E-state index in [0.29, 0.717) is 37.7 Å². The number of likely N-dealkylation sites (tertiary alicyclic amines) is 1. The molecule has 0 saturated carbocycles. The molecule has 5 rings (SSSR count). The minimum Gasteiger partial charge on any atom is -0.379 e. The molecule has 2 aliphatic rings. The van der Waals surface area contributed by atoms with Gasteiger partial charge in [0.1, 0.15) is 6.26 Å². The molecule has 198 valence electrons. The van der Waals surface area contributed by atoms with Gasteiger partial charge >= 0.3 is 6.18 Å². The van der Waals surface area contributed by atoms with Gasteiger partial charge < -0.3 is 14.6 Å². The van der Waals surface area contributed by atoms with Crippen LogP contribution in [0.2, 0.25) is 0 Å². The zero-order valence-electron chi connectivity index (χ0n) is 21.3. The van der Waals surface area contributed by atoms with E-state index >= 15 is 0 Å². The second-order valence-corrected chi connectivity index (χ2v) is 10.6. The van der Waals surface area contributed by atoms with Crippen LogP contribution in [0.4, 0.5) is 18.9 Å². The maximum atomic E-state index is 14.0. The largest absolute Gasteiger partial charge is 0.418 e. The van der Waals surface area contributed by atoms with Crippen LogP contribution in [0, 0.1) is 12.8 Å². The van der Waals surface area contributed by atoms with Crippen LogP contribution < -0.4 is 5.32 Å². The Hall–Kier alpha value is -2.91. The van der Waals surface area contributed by atoms with Crippen molar-refractivity contribution in [1.82, 2.24) is 15.0 Å². The van der Waals surface area contributed by atoms with Crippen molar-refractivity contribution in [3.05, 3.63) is 76.4 Å². The molecule has 6 nitrogen and oxygen atoms in total. The summed E-state index contributed by atoms with van der Waals surface area (Å²) in [6.07, 6.45) is 1.67. The molecule has 0 spiro atoms. The number of hydrogen-bond donors (Lipinski definition) is 1. The van der Waals surface area contributed by atoms with Gasteiger partial charge in [0.25, 0.3) is 0 Å². The van der Waals surface area contributed by atoms with Gasteiger partial charge in [0.2, 0.25) is 0 Å². The molecule has 2 saturated heterocycles. The normalized spacial score (nSPS) is 20.0. The van der Waals surface area contributed by atoms with E-state index in [2.05, 4.69) is 27.3 Å². The summed E-state index contributed by atoms with van der Waals surface area (Å²) in [5.74, 6) is 0.564. The smallest absolute Gasteiger partial charge is 0.379 e. The Labute approximate surface area is 215 Å². The summed E-state index contributed by atoms with van der Waals surface area (Å²) in [6, 6.07) is 9.04. The second-order valence-electron chi connectivity index (χ2n) is 10.6. The summed E-state index contributed by atoms with van der Waals surface area (Å²) in [7, 11) is 0. The molecule has 1 aromatic carbocycles. The number of aromatic nitrogens is 2. The summed E-state index contributed by atoms with van der Waals surface area (Å²) in [5.41, 5.74) is 3.36. The maximum absolute atomic E-state index is 14.0. The van der Waals surface area contributed by atoms with Gasteiger partial charge in [0.15, 0.2) is 0 Å². The Balaban J connectivity index is 1.31. The highest BCUT2D eigenvalue weighted by molar-refractivity contribution is 5.49. The summed E-state index contributed by atoms with van der Waals surface area (Å²) >= 11 is 0. The Morgan fingerprint density at radius 2 is 2.03 bits per heavy atom. The predicted molar refractivity (Wildman–Crippen MR) is 134 cm³/mol. The van der Waals surface area contributed by atoms with Crippen molar-refractivity contribution in [2.75, 3.05) is 31.6 Å². The molecule has 0 amide bonds. The molecule has 2 fully saturated rings. The van der Waals surface area contributed by atoms with Crippen molar-refractivity contribution < 1.29 is 22.4 Å². The number of benzene rings is 1. The number of anilines is 1. The van der Waals surface area contributed by atoms with Crippen molar-refractivity contribution in [2.24, 2.45) is 5.92 Å². The number of ether oxygens (including phenoxy) is 1. The monoisotopic (exact) mass is 514 g/mol. The fourth-order valence-electron chi connectivity index (χ4n) is 5.36. The van der Waals surface area contributed by atoms with Gasteiger partial charge in [-0.15, -0.1) is 0 Å². The number of nitrogens with zero attached hydrogens (tertiary/aromatic N) is 3. The van der Waals surface area contributed by atoms with Gasteiger partial charge in [-0.2, -0.15) is 13.2 Å². The van der Waals surface area contributed by atoms with Gasteiger partial charge in [-0.1, -0.05) is 24.2 Å². The summed E-state index contributed by atoms with van der Waals surface area (Å²) in [4.78, 5) is 6.47. The molecule has 9 heteroatoms. The molecule has 1 N–H and O–H groups in total. The van der Waals surface area contributed by atoms with Crippen LogP contribution in [0.1, 0.15) is 53.4 Å². The van der Waals surface area contributed by atoms with Crippen LogP contribution in [0.5, 0.6) is 0 Å². The van der Waals surface area contributed by atoms with Crippen molar-refractivity contribution in [3.63, 3.8) is 0 Å². The van der Waals surface area contributed by atoms with Gasteiger partial charge in [-0.25, -0.2) is 0 Å². The first-order valence-corrected chi connectivity index (χ1v) is 12.8. The molecular formula is C28H33F3N4O2. The number of halogens is 3. The highest BCUT2D eigenvalue weighted by atomic mass is 19.4. The first-order chi connectivity index (χ1) is 17.7. The maximum Gasteiger partial charge on any atom is 0.418 e. The zero-order valence-corrected chi connectivity index (χ0v) is 21.3. The second kappa shape index (κ2) is 10.5. The van der Waals surface area contributed by atoms with E-state index in [9.17, 15) is 13.2 Å². The van der Waals surface area contributed by atoms with Gasteiger partial charge in [0.05, 0.1) is 36.7 Å². The van der Waals surface area contributed by atoms with Crippen molar-refractivity contribution >= 4 is 5.69 Å². The number of aryl methyl sites for hydroxylation is 1. The topological polar surface area (TPSA) is 63.4 Å². The molecule has 0 aliphatic carbocycles. The highest BCUT2D eigenvalue weighted by Gasteiger charge is 2.41. The number of alkyl halides is 3. The molecule has 3 aromatic rings. The standard InChI is InChI=1S/C28H33F3N4O2/c1-19-5-4-8-35(14-19)15-21-9-24(28(29,30)31)26(33-12-21)13-32-23-7-3-6-22(10-23)27(17-36-18-27)11-25-20(2)16-37-34-25/h3,6-7,9-10,12,16,19,32H,4-5,8,11,13-15,17-18H2,1-2H3/t19-/m0/s1. The van der Waals surface area contributed by atoms with E-state index in [1.807, 2.05) is 31.2 Å². The molecule has 4 heterocycles. The number of nitrogens with one attached hydrogen (secondary N) is 1. The predicted octanol–water partition coefficient (Wildman–Crippen LogP) is 5.75. The molecule has 2 aromatic heterocycles. The fourth-order valence-corrected chi connectivity index (χ4v) is 5.36. The highest BCUT2D eigenvalue weighted by Crippen LogP contribution is 2.38. The van der Waals surface area contributed by atoms with Gasteiger partial charge in [-0.05, 0) is 61.6 Å². The number of hydrogen-bond acceptors (Lipinski definition) is 6. The van der Waals surface area contributed by atoms with Crippen LogP contribution >= 0.6 is 0 Å². The van der Waals surface area contributed by atoms with Crippen LogP contribution in [0.25, 0.3) is 0 Å².